The van der Waals surface area contributed by atoms with Gasteiger partial charge in [0.25, 0.3) is 0 Å². The number of ether oxygens (including phenoxy) is 6. The largest absolute Gasteiger partial charge is 0.379 e. The fourth-order valence-corrected chi connectivity index (χ4v) is 9.65. The maximum absolute atomic E-state index is 13.4. The molecule has 4 rings (SSSR count). The van der Waals surface area contributed by atoms with Gasteiger partial charge in [0.1, 0.15) is 17.9 Å². The Morgan fingerprint density at radius 2 is 1.49 bits per heavy atom. The molecule has 0 aliphatic carbocycles. The summed E-state index contributed by atoms with van der Waals surface area (Å²) in [5.74, 6) is 0.855. The Morgan fingerprint density at radius 3 is 2.12 bits per heavy atom. The summed E-state index contributed by atoms with van der Waals surface area (Å²) in [6.07, 6.45) is 5.31. The van der Waals surface area contributed by atoms with E-state index in [1.807, 2.05) is 16.4 Å². The monoisotopic (exact) mass is 942 g/mol. The second kappa shape index (κ2) is 29.6. The van der Waals surface area contributed by atoms with E-state index in [0.29, 0.717) is 117 Å². The molecule has 2 fully saturated rings. The highest BCUT2D eigenvalue weighted by molar-refractivity contribution is 8.00. The van der Waals surface area contributed by atoms with E-state index in [1.54, 1.807) is 19.1 Å². The van der Waals surface area contributed by atoms with Crippen LogP contribution in [0, 0.1) is 0 Å². The lowest BCUT2D eigenvalue weighted by Gasteiger charge is -2.33. The lowest BCUT2D eigenvalue weighted by atomic mass is 9.92. The Hall–Kier alpha value is -3.11. The van der Waals surface area contributed by atoms with Crippen molar-refractivity contribution in [3.05, 3.63) is 11.4 Å². The lowest BCUT2D eigenvalue weighted by Crippen LogP contribution is -2.47. The number of amides is 5. The molecular formula is C45H83N9O10S. The van der Waals surface area contributed by atoms with Crippen LogP contribution in [0.5, 0.6) is 0 Å². The highest BCUT2D eigenvalue weighted by Crippen LogP contribution is 2.39. The molecule has 0 bridgehead atoms. The molecule has 65 heavy (non-hydrogen) atoms. The van der Waals surface area contributed by atoms with Gasteiger partial charge in [-0.1, -0.05) is 19.1 Å². The fraction of sp³-hybridized carbons (Fsp3) is 0.867. The predicted octanol–water partition coefficient (Wildman–Crippen LogP) is 3.10. The van der Waals surface area contributed by atoms with Crippen LogP contribution in [0.1, 0.15) is 110 Å². The van der Waals surface area contributed by atoms with E-state index < -0.39 is 12.2 Å². The summed E-state index contributed by atoms with van der Waals surface area (Å²) >= 11 is 1.90. The van der Waals surface area contributed by atoms with Gasteiger partial charge in [0.15, 0.2) is 0 Å². The topological polar surface area (TPSA) is 209 Å². The van der Waals surface area contributed by atoms with E-state index in [1.165, 1.54) is 0 Å². The third kappa shape index (κ3) is 19.2. The van der Waals surface area contributed by atoms with Gasteiger partial charge in [0.05, 0.1) is 63.5 Å². The third-order valence-electron chi connectivity index (χ3n) is 12.2. The van der Waals surface area contributed by atoms with Crippen LogP contribution >= 0.6 is 11.8 Å². The minimum absolute atomic E-state index is 0. The molecule has 19 nitrogen and oxygen atoms in total. The smallest absolute Gasteiger partial charge is 0.315 e. The van der Waals surface area contributed by atoms with Crippen LogP contribution < -0.4 is 21.3 Å². The number of carbonyl (C=O) groups is 4. The van der Waals surface area contributed by atoms with E-state index in [2.05, 4.69) is 71.2 Å². The SMILES string of the molecule is C.CO[C@H]1CN(C(=O)CCCC(=O)NCCCOCCOCCOCCCNC(=O)CCCC[C@@H]2SC[C@]3(C)NC(=O)N[C@H]23)CCc2c(nnn2CCOCCN(C)C(C)(C)C)[C@@H]1OC. The number of methoxy groups -OCH3 is 2. The number of hydrogen-bond acceptors (Lipinski definition) is 14. The number of urea groups is 1. The molecule has 0 radical (unpaired) electrons. The van der Waals surface area contributed by atoms with Crippen molar-refractivity contribution in [2.24, 2.45) is 0 Å². The summed E-state index contributed by atoms with van der Waals surface area (Å²) in [5.41, 5.74) is 1.54. The first kappa shape index (κ1) is 56.2. The number of nitrogens with zero attached hydrogens (tertiary/aromatic N) is 5. The van der Waals surface area contributed by atoms with Gasteiger partial charge in [0, 0.05) is 102 Å². The summed E-state index contributed by atoms with van der Waals surface area (Å²) in [7, 11) is 5.31. The zero-order valence-electron chi connectivity index (χ0n) is 39.7. The van der Waals surface area contributed by atoms with E-state index in [4.69, 9.17) is 28.4 Å². The normalized spacial score (nSPS) is 21.8. The standard InChI is InChI=1S/C44H79N9O10S.CH4/c1-43(2,3)51(5)21-25-62-26-22-53-33-17-20-52(31-34(58-6)40(59-7)39(33)49-50-53)38(56)16-10-15-37(55)46-19-12-24-61-28-30-63-29-27-60-23-11-18-45-36(54)14-9-8-13-35-41-44(4,32-64-35)48-42(57)47-41;/h34-35,40-41H,8-32H2,1-7H3,(H,45,54)(H,46,55)(H2,47,48,57);1H4/t34-,35-,40+,41+,44-;/m0./s1. The first-order chi connectivity index (χ1) is 30.8. The number of thioether (sulfide) groups is 1. The molecule has 0 spiro atoms. The van der Waals surface area contributed by atoms with E-state index in [0.717, 1.165) is 49.4 Å². The number of fused-ring (bicyclic) bond motifs is 2. The molecule has 2 saturated heterocycles. The van der Waals surface area contributed by atoms with Gasteiger partial charge in [0.2, 0.25) is 17.7 Å². The minimum Gasteiger partial charge on any atom is -0.379 e. The molecule has 374 valence electrons. The third-order valence-corrected chi connectivity index (χ3v) is 13.9. The molecule has 0 aromatic carbocycles. The summed E-state index contributed by atoms with van der Waals surface area (Å²) < 4.78 is 36.2. The van der Waals surface area contributed by atoms with Gasteiger partial charge in [-0.25, -0.2) is 9.48 Å². The van der Waals surface area contributed by atoms with Crippen molar-refractivity contribution >= 4 is 35.5 Å². The first-order valence-electron chi connectivity index (χ1n) is 23.3. The molecule has 1 aromatic heterocycles. The molecule has 0 saturated carbocycles. The number of unbranched alkanes of at least 4 members (excludes halogenated alkanes) is 1. The van der Waals surface area contributed by atoms with E-state index in [9.17, 15) is 19.2 Å². The van der Waals surface area contributed by atoms with Gasteiger partial charge in [-0.3, -0.25) is 19.3 Å². The van der Waals surface area contributed by atoms with E-state index >= 15 is 0 Å². The van der Waals surface area contributed by atoms with Crippen LogP contribution in [0.15, 0.2) is 0 Å². The van der Waals surface area contributed by atoms with Gasteiger partial charge < -0.3 is 54.6 Å². The highest BCUT2D eigenvalue weighted by Gasteiger charge is 2.51. The van der Waals surface area contributed by atoms with Crippen LogP contribution in [-0.4, -0.2) is 190 Å². The molecule has 1 aromatic rings. The molecule has 5 amide bonds. The molecule has 20 heteroatoms. The molecule has 5 atom stereocenters. The van der Waals surface area contributed by atoms with Crippen molar-refractivity contribution in [1.82, 2.24) is 46.1 Å². The molecule has 4 N–H and O–H groups in total. The molecule has 0 unspecified atom stereocenters. The Balaban J connectivity index is 0.0000112. The molecule has 3 aliphatic rings. The van der Waals surface area contributed by atoms with Crippen molar-refractivity contribution in [3.63, 3.8) is 0 Å². The number of aromatic nitrogens is 3. The second-order valence-electron chi connectivity index (χ2n) is 18.1. The molecule has 4 heterocycles. The Morgan fingerprint density at radius 1 is 0.862 bits per heavy atom. The number of carbonyl (C=O) groups excluding carboxylic acids is 4. The summed E-state index contributed by atoms with van der Waals surface area (Å²) in [6, 6.07) is 0.0861. The quantitative estimate of drug-likeness (QED) is 0.0624. The minimum atomic E-state index is -0.484. The highest BCUT2D eigenvalue weighted by atomic mass is 32.2. The summed E-state index contributed by atoms with van der Waals surface area (Å²) in [5, 5.41) is 21.2. The maximum Gasteiger partial charge on any atom is 0.315 e. The van der Waals surface area contributed by atoms with Crippen molar-refractivity contribution in [2.45, 2.75) is 140 Å². The molecular weight excluding hydrogens is 859 g/mol. The van der Waals surface area contributed by atoms with Crippen LogP contribution in [0.3, 0.4) is 0 Å². The van der Waals surface area contributed by atoms with Crippen LogP contribution in [0.2, 0.25) is 0 Å². The summed E-state index contributed by atoms with van der Waals surface area (Å²) in [4.78, 5) is 53.9. The van der Waals surface area contributed by atoms with Crippen molar-refractivity contribution < 1.29 is 47.6 Å². The zero-order valence-corrected chi connectivity index (χ0v) is 40.5. The number of rotatable bonds is 31. The Bertz CT molecular complexity index is 1570. The lowest BCUT2D eigenvalue weighted by molar-refractivity contribution is -0.135. The zero-order chi connectivity index (χ0) is 46.4. The van der Waals surface area contributed by atoms with Gasteiger partial charge in [-0.05, 0) is 66.8 Å². The van der Waals surface area contributed by atoms with Gasteiger partial charge in [-0.2, -0.15) is 11.8 Å². The average molecular weight is 942 g/mol. The maximum atomic E-state index is 13.4. The van der Waals surface area contributed by atoms with Crippen molar-refractivity contribution in [2.75, 3.05) is 113 Å². The van der Waals surface area contributed by atoms with Crippen LogP contribution in [-0.2, 0) is 55.8 Å². The average Bonchev–Trinajstić information content (AvgIpc) is 3.88. The Labute approximate surface area is 392 Å². The second-order valence-corrected chi connectivity index (χ2v) is 19.3. The van der Waals surface area contributed by atoms with Gasteiger partial charge in [-0.15, -0.1) is 5.10 Å². The van der Waals surface area contributed by atoms with Crippen LogP contribution in [0.25, 0.3) is 0 Å². The van der Waals surface area contributed by atoms with Crippen molar-refractivity contribution in [3.8, 4) is 0 Å². The van der Waals surface area contributed by atoms with E-state index in [-0.39, 0.29) is 61.1 Å². The predicted molar refractivity (Wildman–Crippen MR) is 251 cm³/mol. The summed E-state index contributed by atoms with van der Waals surface area (Å²) in [6.45, 7) is 15.9. The first-order valence-corrected chi connectivity index (χ1v) is 24.3. The fourth-order valence-electron chi connectivity index (χ4n) is 7.94. The Kier molecular flexibility index (Phi) is 25.6. The number of nitrogens with one attached hydrogen (secondary N) is 4. The number of hydrogen-bond donors (Lipinski definition) is 4. The number of likely N-dealkylation sites (N-methyl/N-ethyl adjacent to an activating group) is 1. The molecule has 3 aliphatic heterocycles. The van der Waals surface area contributed by atoms with Crippen molar-refractivity contribution in [1.29, 1.82) is 0 Å². The van der Waals surface area contributed by atoms with Crippen LogP contribution in [0.4, 0.5) is 4.79 Å². The van der Waals surface area contributed by atoms with Gasteiger partial charge >= 0.3 is 6.03 Å².